The Hall–Kier alpha value is -1.35. The van der Waals surface area contributed by atoms with Gasteiger partial charge in [0.2, 0.25) is 0 Å². The molecule has 0 atom stereocenters. The molecule has 0 unspecified atom stereocenters. The van der Waals surface area contributed by atoms with Gasteiger partial charge in [-0.3, -0.25) is 4.89 Å². The number of carbonyl (C=O) groups is 1. The van der Waals surface area contributed by atoms with Gasteiger partial charge >= 0.3 is 5.97 Å². The quantitative estimate of drug-likeness (QED) is 0.193. The van der Waals surface area contributed by atoms with Crippen molar-refractivity contribution in [1.82, 2.24) is 0 Å². The van der Waals surface area contributed by atoms with Crippen molar-refractivity contribution in [3.63, 3.8) is 0 Å². The maximum Gasteiger partial charge on any atom is 0.373 e. The van der Waals surface area contributed by atoms with E-state index in [1.165, 1.54) is 57.8 Å². The smallest absolute Gasteiger partial charge is 0.293 e. The first-order valence-corrected chi connectivity index (χ1v) is 10.4. The van der Waals surface area contributed by atoms with Crippen molar-refractivity contribution in [3.8, 4) is 0 Å². The molecule has 1 rings (SSSR count). The highest BCUT2D eigenvalue weighted by atomic mass is 17.2. The number of hydrogen-bond donors (Lipinski definition) is 0. The van der Waals surface area contributed by atoms with E-state index in [-0.39, 0.29) is 0 Å². The van der Waals surface area contributed by atoms with Gasteiger partial charge in [0, 0.05) is 0 Å². The zero-order chi connectivity index (χ0) is 19.0. The molecule has 3 nitrogen and oxygen atoms in total. The summed E-state index contributed by atoms with van der Waals surface area (Å²) in [5.41, 5.74) is 2.79. The van der Waals surface area contributed by atoms with Crippen LogP contribution in [0.1, 0.15) is 98.5 Å². The van der Waals surface area contributed by atoms with Crippen LogP contribution >= 0.6 is 0 Å². The number of rotatable bonds is 15. The molecule has 0 N–H and O–H groups in total. The van der Waals surface area contributed by atoms with E-state index in [0.29, 0.717) is 12.2 Å². The first-order chi connectivity index (χ1) is 12.6. The van der Waals surface area contributed by atoms with Crippen LogP contribution in [0.4, 0.5) is 0 Å². The average molecular weight is 362 g/mol. The lowest BCUT2D eigenvalue weighted by atomic mass is 10.1. The summed E-state index contributed by atoms with van der Waals surface area (Å²) in [5.74, 6) is -0.414. The lowest BCUT2D eigenvalue weighted by Crippen LogP contribution is -2.07. The summed E-state index contributed by atoms with van der Waals surface area (Å²) in [6.07, 6.45) is 15.1. The van der Waals surface area contributed by atoms with Crippen molar-refractivity contribution >= 4 is 5.97 Å². The zero-order valence-corrected chi connectivity index (χ0v) is 16.9. The highest BCUT2D eigenvalue weighted by molar-refractivity contribution is 5.89. The van der Waals surface area contributed by atoms with Crippen LogP contribution in [0.3, 0.4) is 0 Å². The monoisotopic (exact) mass is 361 g/mol. The Labute approximate surface area is 160 Å². The second-order valence-corrected chi connectivity index (χ2v) is 7.23. The van der Waals surface area contributed by atoms with Gasteiger partial charge in [0.1, 0.15) is 0 Å². The summed E-state index contributed by atoms with van der Waals surface area (Å²) in [6, 6.07) is 5.53. The molecule has 26 heavy (non-hydrogen) atoms. The minimum atomic E-state index is -0.414. The molecule has 0 aliphatic carbocycles. The molecule has 147 valence electrons. The fraction of sp³-hybridized carbons (Fsp3) is 0.652. The van der Waals surface area contributed by atoms with Gasteiger partial charge in [0.15, 0.2) is 0 Å². The number of unbranched alkanes of at least 4 members (excludes halogenated alkanes) is 11. The van der Waals surface area contributed by atoms with Gasteiger partial charge in [-0.25, -0.2) is 4.79 Å². The van der Waals surface area contributed by atoms with Crippen molar-refractivity contribution in [3.05, 3.63) is 41.8 Å². The first-order valence-electron chi connectivity index (χ1n) is 10.4. The normalized spacial score (nSPS) is 10.9. The van der Waals surface area contributed by atoms with E-state index in [1.54, 1.807) is 6.07 Å². The highest BCUT2D eigenvalue weighted by Crippen LogP contribution is 2.13. The van der Waals surface area contributed by atoms with Crippen LogP contribution in [-0.2, 0) is 9.78 Å². The van der Waals surface area contributed by atoms with Crippen LogP contribution < -0.4 is 0 Å². The van der Waals surface area contributed by atoms with E-state index in [1.807, 2.05) is 26.0 Å². The Morgan fingerprint density at radius 3 is 1.88 bits per heavy atom. The van der Waals surface area contributed by atoms with Crippen molar-refractivity contribution in [1.29, 1.82) is 0 Å². The van der Waals surface area contributed by atoms with Crippen molar-refractivity contribution < 1.29 is 14.6 Å². The summed E-state index contributed by atoms with van der Waals surface area (Å²) in [7, 11) is 0. The van der Waals surface area contributed by atoms with Crippen LogP contribution in [0.2, 0.25) is 0 Å². The Bertz CT molecular complexity index is 496. The van der Waals surface area contributed by atoms with Crippen LogP contribution in [-0.4, -0.2) is 12.6 Å². The molecule has 0 aliphatic rings. The maximum atomic E-state index is 11.9. The molecular weight excluding hydrogens is 324 g/mol. The lowest BCUT2D eigenvalue weighted by molar-refractivity contribution is -0.241. The second-order valence-electron chi connectivity index (χ2n) is 7.23. The molecule has 0 saturated carbocycles. The fourth-order valence-corrected chi connectivity index (χ4v) is 2.94. The average Bonchev–Trinajstić information content (AvgIpc) is 2.64. The van der Waals surface area contributed by atoms with Crippen molar-refractivity contribution in [2.45, 2.75) is 90.9 Å². The molecule has 1 aromatic rings. The third-order valence-electron chi connectivity index (χ3n) is 4.85. The largest absolute Gasteiger partial charge is 0.373 e. The Morgan fingerprint density at radius 2 is 1.35 bits per heavy atom. The Kier molecular flexibility index (Phi) is 12.9. The summed E-state index contributed by atoms with van der Waals surface area (Å²) < 4.78 is 0. The molecular formula is C23H37O3. The zero-order valence-electron chi connectivity index (χ0n) is 16.9. The minimum Gasteiger partial charge on any atom is -0.293 e. The van der Waals surface area contributed by atoms with Crippen LogP contribution in [0, 0.1) is 20.8 Å². The number of hydrogen-bond acceptors (Lipinski definition) is 3. The van der Waals surface area contributed by atoms with E-state index in [0.717, 1.165) is 30.4 Å². The fourth-order valence-electron chi connectivity index (χ4n) is 2.94. The highest BCUT2D eigenvalue weighted by Gasteiger charge is 2.09. The molecule has 0 amide bonds. The van der Waals surface area contributed by atoms with Crippen LogP contribution in [0.5, 0.6) is 0 Å². The number of carbonyl (C=O) groups excluding carboxylic acids is 1. The summed E-state index contributed by atoms with van der Waals surface area (Å²) in [5, 5.41) is 0. The van der Waals surface area contributed by atoms with Gasteiger partial charge < -0.3 is 0 Å². The summed E-state index contributed by atoms with van der Waals surface area (Å²) in [6.45, 7) is 8.35. The molecule has 0 heterocycles. The summed E-state index contributed by atoms with van der Waals surface area (Å²) in [4.78, 5) is 21.8. The van der Waals surface area contributed by atoms with E-state index >= 15 is 0 Å². The molecule has 0 aliphatic heterocycles. The standard InChI is InChI=1S/C23H37O3/c1-4-5-6-7-8-9-10-11-12-13-14-15-18-25-26-23(24)22-17-16-20(2)21(3)19-22/h16-17,19H,1,4-15,18H2,2-3H3. The molecule has 0 aromatic heterocycles. The minimum absolute atomic E-state index is 0.414. The summed E-state index contributed by atoms with van der Waals surface area (Å²) >= 11 is 0. The molecule has 3 heteroatoms. The predicted octanol–water partition coefficient (Wildman–Crippen LogP) is 6.91. The van der Waals surface area contributed by atoms with Crippen LogP contribution in [0.25, 0.3) is 0 Å². The molecule has 0 spiro atoms. The van der Waals surface area contributed by atoms with Gasteiger partial charge in [-0.05, 0) is 43.5 Å². The lowest BCUT2D eigenvalue weighted by Gasteiger charge is -2.06. The van der Waals surface area contributed by atoms with E-state index in [9.17, 15) is 4.79 Å². The topological polar surface area (TPSA) is 35.5 Å². The van der Waals surface area contributed by atoms with E-state index < -0.39 is 5.97 Å². The molecule has 1 aromatic carbocycles. The second kappa shape index (κ2) is 14.8. The SMILES string of the molecule is [CH2]CCCCCCCCCCCCCOOC(=O)c1ccc(C)c(C)c1. The van der Waals surface area contributed by atoms with Gasteiger partial charge in [-0.1, -0.05) is 83.6 Å². The van der Waals surface area contributed by atoms with Gasteiger partial charge in [-0.15, -0.1) is 0 Å². The third-order valence-corrected chi connectivity index (χ3v) is 4.85. The van der Waals surface area contributed by atoms with E-state index in [4.69, 9.17) is 9.78 Å². The van der Waals surface area contributed by atoms with Gasteiger partial charge in [-0.2, -0.15) is 4.89 Å². The molecule has 0 fully saturated rings. The number of aryl methyl sites for hydroxylation is 2. The number of benzene rings is 1. The molecule has 0 saturated heterocycles. The predicted molar refractivity (Wildman–Crippen MR) is 108 cm³/mol. The van der Waals surface area contributed by atoms with Crippen LogP contribution in [0.15, 0.2) is 18.2 Å². The Morgan fingerprint density at radius 1 is 0.808 bits per heavy atom. The first kappa shape index (κ1) is 22.7. The maximum absolute atomic E-state index is 11.9. The van der Waals surface area contributed by atoms with Gasteiger partial charge in [0.25, 0.3) is 0 Å². The third kappa shape index (κ3) is 10.6. The van der Waals surface area contributed by atoms with Crippen molar-refractivity contribution in [2.24, 2.45) is 0 Å². The molecule has 0 bridgehead atoms. The Balaban J connectivity index is 1.90. The molecule has 1 radical (unpaired) electrons. The van der Waals surface area contributed by atoms with E-state index in [2.05, 4.69) is 6.92 Å². The van der Waals surface area contributed by atoms with Gasteiger partial charge in [0.05, 0.1) is 12.2 Å². The van der Waals surface area contributed by atoms with Crippen molar-refractivity contribution in [2.75, 3.05) is 6.61 Å².